The minimum atomic E-state index is -3.51. The van der Waals surface area contributed by atoms with Crippen LogP contribution in [0.25, 0.3) is 0 Å². The number of carbonyl (C=O) groups is 1. The molecule has 1 amide bonds. The van der Waals surface area contributed by atoms with Gasteiger partial charge in [-0.2, -0.15) is 0 Å². The zero-order valence-electron chi connectivity index (χ0n) is 13.8. The van der Waals surface area contributed by atoms with Crippen molar-refractivity contribution in [2.45, 2.75) is 17.7 Å². The van der Waals surface area contributed by atoms with E-state index in [0.29, 0.717) is 12.3 Å². The lowest BCUT2D eigenvalue weighted by molar-refractivity contribution is -0.116. The lowest BCUT2D eigenvalue weighted by Crippen LogP contribution is -2.17. The fraction of sp³-hybridized carbons (Fsp3) is 0.167. The highest BCUT2D eigenvalue weighted by Gasteiger charge is 2.17. The average molecular weight is 371 g/mol. The SMILES string of the molecule is O=C(CCS(=O)(=O)c1ccccc1)Nc1nnc(Cc2ccccc2)o1. The Balaban J connectivity index is 1.54. The molecule has 1 aromatic heterocycles. The summed E-state index contributed by atoms with van der Waals surface area (Å²) in [5.74, 6) is -0.434. The predicted molar refractivity (Wildman–Crippen MR) is 95.3 cm³/mol. The van der Waals surface area contributed by atoms with Crippen molar-refractivity contribution in [1.29, 1.82) is 0 Å². The van der Waals surface area contributed by atoms with Gasteiger partial charge in [-0.15, -0.1) is 5.10 Å². The highest BCUT2D eigenvalue weighted by atomic mass is 32.2. The highest BCUT2D eigenvalue weighted by Crippen LogP contribution is 2.13. The number of anilines is 1. The van der Waals surface area contributed by atoms with E-state index in [4.69, 9.17) is 4.42 Å². The van der Waals surface area contributed by atoms with E-state index in [-0.39, 0.29) is 23.1 Å². The van der Waals surface area contributed by atoms with Crippen molar-refractivity contribution in [3.63, 3.8) is 0 Å². The van der Waals surface area contributed by atoms with Crippen LogP contribution in [-0.2, 0) is 21.1 Å². The zero-order chi connectivity index (χ0) is 18.4. The molecule has 3 rings (SSSR count). The summed E-state index contributed by atoms with van der Waals surface area (Å²) in [5.41, 5.74) is 1.00. The number of benzene rings is 2. The van der Waals surface area contributed by atoms with Gasteiger partial charge in [-0.1, -0.05) is 53.6 Å². The second kappa shape index (κ2) is 7.92. The average Bonchev–Trinajstić information content (AvgIpc) is 3.08. The molecular weight excluding hydrogens is 354 g/mol. The quantitative estimate of drug-likeness (QED) is 0.684. The van der Waals surface area contributed by atoms with Crippen LogP contribution in [-0.4, -0.2) is 30.3 Å². The molecule has 3 aromatic rings. The number of amides is 1. The van der Waals surface area contributed by atoms with Crippen LogP contribution in [0.4, 0.5) is 6.01 Å². The third-order valence-electron chi connectivity index (χ3n) is 3.61. The summed E-state index contributed by atoms with van der Waals surface area (Å²) in [7, 11) is -3.51. The third-order valence-corrected chi connectivity index (χ3v) is 5.34. The number of sulfone groups is 1. The van der Waals surface area contributed by atoms with Crippen LogP contribution in [0.2, 0.25) is 0 Å². The number of aromatic nitrogens is 2. The summed E-state index contributed by atoms with van der Waals surface area (Å²) in [6.07, 6.45) is 0.250. The number of hydrogen-bond donors (Lipinski definition) is 1. The van der Waals surface area contributed by atoms with Crippen LogP contribution in [0.5, 0.6) is 0 Å². The first-order valence-corrected chi connectivity index (χ1v) is 9.62. The van der Waals surface area contributed by atoms with Gasteiger partial charge in [0, 0.05) is 6.42 Å². The molecule has 2 aromatic carbocycles. The lowest BCUT2D eigenvalue weighted by Gasteiger charge is -2.03. The number of rotatable bonds is 7. The molecule has 0 atom stereocenters. The van der Waals surface area contributed by atoms with Crippen molar-refractivity contribution in [3.05, 3.63) is 72.1 Å². The second-order valence-corrected chi connectivity index (χ2v) is 7.70. The molecule has 0 bridgehead atoms. The van der Waals surface area contributed by atoms with Crippen molar-refractivity contribution >= 4 is 21.8 Å². The molecule has 0 spiro atoms. The van der Waals surface area contributed by atoms with Gasteiger partial charge >= 0.3 is 6.01 Å². The Labute approximate surface area is 151 Å². The highest BCUT2D eigenvalue weighted by molar-refractivity contribution is 7.91. The molecule has 0 saturated carbocycles. The van der Waals surface area contributed by atoms with Crippen molar-refractivity contribution in [3.8, 4) is 0 Å². The smallest absolute Gasteiger partial charge is 0.322 e. The van der Waals surface area contributed by atoms with E-state index in [1.54, 1.807) is 18.2 Å². The van der Waals surface area contributed by atoms with Gasteiger partial charge in [-0.05, 0) is 17.7 Å². The van der Waals surface area contributed by atoms with Gasteiger partial charge in [0.1, 0.15) is 0 Å². The molecule has 0 aliphatic rings. The molecule has 0 fully saturated rings. The van der Waals surface area contributed by atoms with Crippen LogP contribution in [0.1, 0.15) is 17.9 Å². The van der Waals surface area contributed by atoms with Gasteiger partial charge in [-0.25, -0.2) is 8.42 Å². The maximum atomic E-state index is 12.2. The normalized spacial score (nSPS) is 11.2. The minimum Gasteiger partial charge on any atom is -0.407 e. The van der Waals surface area contributed by atoms with E-state index >= 15 is 0 Å². The fourth-order valence-corrected chi connectivity index (χ4v) is 3.56. The molecule has 7 nitrogen and oxygen atoms in total. The van der Waals surface area contributed by atoms with Crippen molar-refractivity contribution in [2.24, 2.45) is 0 Å². The van der Waals surface area contributed by atoms with Gasteiger partial charge in [-0.3, -0.25) is 10.1 Å². The van der Waals surface area contributed by atoms with Gasteiger partial charge < -0.3 is 4.42 Å². The molecule has 0 unspecified atom stereocenters. The second-order valence-electron chi connectivity index (χ2n) is 5.59. The maximum absolute atomic E-state index is 12.2. The third kappa shape index (κ3) is 4.76. The van der Waals surface area contributed by atoms with Crippen LogP contribution in [0.15, 0.2) is 70.0 Å². The van der Waals surface area contributed by atoms with E-state index in [1.807, 2.05) is 30.3 Å². The minimum absolute atomic E-state index is 0.0435. The molecule has 1 heterocycles. The molecule has 134 valence electrons. The molecule has 26 heavy (non-hydrogen) atoms. The van der Waals surface area contributed by atoms with Crippen LogP contribution in [0.3, 0.4) is 0 Å². The zero-order valence-corrected chi connectivity index (χ0v) is 14.6. The maximum Gasteiger partial charge on any atom is 0.322 e. The summed E-state index contributed by atoms with van der Waals surface area (Å²) in [6, 6.07) is 17.5. The Morgan fingerprint density at radius 1 is 0.962 bits per heavy atom. The molecular formula is C18H17N3O4S. The summed E-state index contributed by atoms with van der Waals surface area (Å²) in [4.78, 5) is 12.1. The first kappa shape index (κ1) is 17.8. The number of nitrogens with one attached hydrogen (secondary N) is 1. The van der Waals surface area contributed by atoms with Crippen LogP contribution < -0.4 is 5.32 Å². The summed E-state index contributed by atoms with van der Waals surface area (Å²) in [6.45, 7) is 0. The van der Waals surface area contributed by atoms with E-state index in [0.717, 1.165) is 5.56 Å². The van der Waals surface area contributed by atoms with Gasteiger partial charge in [0.15, 0.2) is 9.84 Å². The standard InChI is InChI=1S/C18H17N3O4S/c22-16(11-12-26(23,24)15-9-5-2-6-10-15)19-18-21-20-17(25-18)13-14-7-3-1-4-8-14/h1-10H,11-13H2,(H,19,21,22). The van der Waals surface area contributed by atoms with E-state index in [2.05, 4.69) is 15.5 Å². The predicted octanol–water partition coefficient (Wildman–Crippen LogP) is 2.46. The Bertz CT molecular complexity index is 970. The monoisotopic (exact) mass is 371 g/mol. The Morgan fingerprint density at radius 2 is 1.62 bits per heavy atom. The molecule has 0 aliphatic carbocycles. The molecule has 0 aliphatic heterocycles. The number of carbonyl (C=O) groups excluding carboxylic acids is 1. The van der Waals surface area contributed by atoms with Crippen LogP contribution >= 0.6 is 0 Å². The summed E-state index contributed by atoms with van der Waals surface area (Å²) in [5, 5.41) is 10.1. The molecule has 0 saturated heterocycles. The van der Waals surface area contributed by atoms with Crippen molar-refractivity contribution in [2.75, 3.05) is 11.1 Å². The topological polar surface area (TPSA) is 102 Å². The Kier molecular flexibility index (Phi) is 5.43. The van der Waals surface area contributed by atoms with E-state index in [9.17, 15) is 13.2 Å². The lowest BCUT2D eigenvalue weighted by atomic mass is 10.2. The summed E-state index contributed by atoms with van der Waals surface area (Å²) < 4.78 is 29.7. The largest absolute Gasteiger partial charge is 0.407 e. The fourth-order valence-electron chi connectivity index (χ4n) is 2.30. The van der Waals surface area contributed by atoms with E-state index < -0.39 is 15.7 Å². The summed E-state index contributed by atoms with van der Waals surface area (Å²) >= 11 is 0. The Hall–Kier alpha value is -3.00. The van der Waals surface area contributed by atoms with Crippen LogP contribution in [0, 0.1) is 0 Å². The van der Waals surface area contributed by atoms with Crippen molar-refractivity contribution in [1.82, 2.24) is 10.2 Å². The Morgan fingerprint density at radius 3 is 2.31 bits per heavy atom. The molecule has 0 radical (unpaired) electrons. The number of nitrogens with zero attached hydrogens (tertiary/aromatic N) is 2. The first-order valence-electron chi connectivity index (χ1n) is 7.97. The van der Waals surface area contributed by atoms with E-state index in [1.165, 1.54) is 12.1 Å². The number of hydrogen-bond acceptors (Lipinski definition) is 6. The van der Waals surface area contributed by atoms with Gasteiger partial charge in [0.2, 0.25) is 11.8 Å². The van der Waals surface area contributed by atoms with Gasteiger partial charge in [0.25, 0.3) is 0 Å². The van der Waals surface area contributed by atoms with Crippen molar-refractivity contribution < 1.29 is 17.6 Å². The van der Waals surface area contributed by atoms with Gasteiger partial charge in [0.05, 0.1) is 17.1 Å². The molecule has 1 N–H and O–H groups in total. The molecule has 8 heteroatoms. The first-order chi connectivity index (χ1) is 12.5.